The molecule has 1 aliphatic heterocycles. The van der Waals surface area contributed by atoms with E-state index in [0.29, 0.717) is 0 Å². The summed E-state index contributed by atoms with van der Waals surface area (Å²) in [5, 5.41) is 0. The second-order valence-corrected chi connectivity index (χ2v) is 5.95. The summed E-state index contributed by atoms with van der Waals surface area (Å²) in [6, 6.07) is 7.10. The highest BCUT2D eigenvalue weighted by Crippen LogP contribution is 2.32. The molecule has 0 saturated carbocycles. The normalized spacial score (nSPS) is 23.5. The molecule has 2 nitrogen and oxygen atoms in total. The lowest BCUT2D eigenvalue weighted by molar-refractivity contribution is 0.102. The Hall–Kier alpha value is -0.930. The van der Waals surface area contributed by atoms with E-state index in [1.54, 1.807) is 12.1 Å². The fourth-order valence-electron chi connectivity index (χ4n) is 3.32. The van der Waals surface area contributed by atoms with E-state index in [1.807, 2.05) is 12.1 Å². The predicted molar refractivity (Wildman–Crippen MR) is 82.0 cm³/mol. The van der Waals surface area contributed by atoms with Gasteiger partial charge in [-0.3, -0.25) is 4.90 Å². The molecule has 112 valence electrons. The highest BCUT2D eigenvalue weighted by atomic mass is 19.1. The third-order valence-corrected chi connectivity index (χ3v) is 4.62. The van der Waals surface area contributed by atoms with Crippen LogP contribution in [0.4, 0.5) is 4.39 Å². The summed E-state index contributed by atoms with van der Waals surface area (Å²) >= 11 is 0. The molecule has 1 aliphatic rings. The molecule has 0 aromatic heterocycles. The topological polar surface area (TPSA) is 29.3 Å². The van der Waals surface area contributed by atoms with Gasteiger partial charge in [-0.15, -0.1) is 0 Å². The number of piperidine rings is 1. The summed E-state index contributed by atoms with van der Waals surface area (Å²) < 4.78 is 14.2. The Morgan fingerprint density at radius 2 is 2.10 bits per heavy atom. The fourth-order valence-corrected chi connectivity index (χ4v) is 3.32. The van der Waals surface area contributed by atoms with E-state index in [9.17, 15) is 4.39 Å². The van der Waals surface area contributed by atoms with E-state index in [-0.39, 0.29) is 17.9 Å². The number of likely N-dealkylation sites (tertiary alicyclic amines) is 1. The number of nitrogens with zero attached hydrogens (tertiary/aromatic N) is 1. The van der Waals surface area contributed by atoms with Gasteiger partial charge in [0.15, 0.2) is 0 Å². The molecule has 1 saturated heterocycles. The van der Waals surface area contributed by atoms with Crippen LogP contribution in [0.5, 0.6) is 0 Å². The van der Waals surface area contributed by atoms with Crippen LogP contribution in [0.3, 0.4) is 0 Å². The molecule has 1 aromatic rings. The van der Waals surface area contributed by atoms with Gasteiger partial charge in [-0.2, -0.15) is 0 Å². The first-order valence-electron chi connectivity index (χ1n) is 7.91. The van der Waals surface area contributed by atoms with E-state index in [0.717, 1.165) is 31.0 Å². The van der Waals surface area contributed by atoms with Crippen molar-refractivity contribution < 1.29 is 4.39 Å². The molecule has 1 aromatic carbocycles. The summed E-state index contributed by atoms with van der Waals surface area (Å²) in [4.78, 5) is 2.41. The molecule has 3 unspecified atom stereocenters. The van der Waals surface area contributed by atoms with Crippen LogP contribution in [0.2, 0.25) is 0 Å². The molecule has 2 N–H and O–H groups in total. The van der Waals surface area contributed by atoms with Crippen LogP contribution in [0.1, 0.15) is 51.1 Å². The van der Waals surface area contributed by atoms with Crippen molar-refractivity contribution in [2.75, 3.05) is 13.1 Å². The quantitative estimate of drug-likeness (QED) is 0.889. The zero-order chi connectivity index (χ0) is 14.5. The Morgan fingerprint density at radius 3 is 2.75 bits per heavy atom. The lowest BCUT2D eigenvalue weighted by Crippen LogP contribution is -2.45. The zero-order valence-corrected chi connectivity index (χ0v) is 12.7. The van der Waals surface area contributed by atoms with E-state index in [1.165, 1.54) is 19.3 Å². The van der Waals surface area contributed by atoms with Crippen molar-refractivity contribution in [3.8, 4) is 0 Å². The first kappa shape index (κ1) is 15.5. The Labute approximate surface area is 122 Å². The Morgan fingerprint density at radius 1 is 1.35 bits per heavy atom. The largest absolute Gasteiger partial charge is 0.326 e. The van der Waals surface area contributed by atoms with Gasteiger partial charge in [0.1, 0.15) is 5.82 Å². The first-order chi connectivity index (χ1) is 9.67. The van der Waals surface area contributed by atoms with Crippen LogP contribution in [0.15, 0.2) is 24.3 Å². The zero-order valence-electron chi connectivity index (χ0n) is 12.7. The van der Waals surface area contributed by atoms with Gasteiger partial charge in [0, 0.05) is 18.2 Å². The minimum absolute atomic E-state index is 0.00977. The van der Waals surface area contributed by atoms with Crippen LogP contribution in [0.25, 0.3) is 0 Å². The minimum atomic E-state index is -0.125. The molecule has 1 fully saturated rings. The lowest BCUT2D eigenvalue weighted by atomic mass is 9.89. The standard InChI is InChI=1S/C17H27FN2/c1-3-13-8-7-11-20(12-13)17(16(19)4-2)14-9-5-6-10-15(14)18/h5-6,9-10,13,16-17H,3-4,7-8,11-12,19H2,1-2H3. The lowest BCUT2D eigenvalue weighted by Gasteiger charge is -2.41. The maximum Gasteiger partial charge on any atom is 0.128 e. The number of hydrogen-bond acceptors (Lipinski definition) is 2. The average Bonchev–Trinajstić information content (AvgIpc) is 2.49. The van der Waals surface area contributed by atoms with Crippen LogP contribution < -0.4 is 5.73 Å². The van der Waals surface area contributed by atoms with Gasteiger partial charge in [-0.1, -0.05) is 38.5 Å². The summed E-state index contributed by atoms with van der Waals surface area (Å²) in [6.07, 6.45) is 4.55. The molecule has 20 heavy (non-hydrogen) atoms. The third kappa shape index (κ3) is 3.39. The van der Waals surface area contributed by atoms with E-state index in [2.05, 4.69) is 18.7 Å². The predicted octanol–water partition coefficient (Wildman–Crippen LogP) is 3.73. The molecular formula is C17H27FN2. The number of halogens is 1. The van der Waals surface area contributed by atoms with Crippen molar-refractivity contribution in [3.05, 3.63) is 35.6 Å². The maximum atomic E-state index is 14.2. The highest BCUT2D eigenvalue weighted by molar-refractivity contribution is 5.23. The van der Waals surface area contributed by atoms with Gasteiger partial charge in [0.25, 0.3) is 0 Å². The van der Waals surface area contributed by atoms with Crippen LogP contribution in [0, 0.1) is 11.7 Å². The molecule has 0 spiro atoms. The molecule has 0 aliphatic carbocycles. The summed E-state index contributed by atoms with van der Waals surface area (Å²) in [6.45, 7) is 6.40. The number of nitrogens with two attached hydrogens (primary N) is 1. The van der Waals surface area contributed by atoms with Gasteiger partial charge in [-0.25, -0.2) is 4.39 Å². The minimum Gasteiger partial charge on any atom is -0.326 e. The van der Waals surface area contributed by atoms with Crippen molar-refractivity contribution in [1.29, 1.82) is 0 Å². The average molecular weight is 278 g/mol. The van der Waals surface area contributed by atoms with Gasteiger partial charge >= 0.3 is 0 Å². The Kier molecular flexibility index (Phi) is 5.55. The Bertz CT molecular complexity index is 421. The molecule has 3 atom stereocenters. The SMILES string of the molecule is CCC1CCCN(C(c2ccccc2F)C(N)CC)C1. The fraction of sp³-hybridized carbons (Fsp3) is 0.647. The second-order valence-electron chi connectivity index (χ2n) is 5.95. The van der Waals surface area contributed by atoms with E-state index < -0.39 is 0 Å². The van der Waals surface area contributed by atoms with Crippen LogP contribution in [-0.4, -0.2) is 24.0 Å². The van der Waals surface area contributed by atoms with Crippen molar-refractivity contribution in [2.45, 2.75) is 51.6 Å². The Balaban J connectivity index is 2.26. The number of hydrogen-bond donors (Lipinski definition) is 1. The second kappa shape index (κ2) is 7.19. The molecule has 2 rings (SSSR count). The van der Waals surface area contributed by atoms with Crippen molar-refractivity contribution in [2.24, 2.45) is 11.7 Å². The summed E-state index contributed by atoms with van der Waals surface area (Å²) in [5.74, 6) is 0.599. The monoisotopic (exact) mass is 278 g/mol. The van der Waals surface area contributed by atoms with Crippen LogP contribution in [-0.2, 0) is 0 Å². The molecule has 3 heteroatoms. The number of rotatable bonds is 5. The first-order valence-corrected chi connectivity index (χ1v) is 7.91. The summed E-state index contributed by atoms with van der Waals surface area (Å²) in [7, 11) is 0. The summed E-state index contributed by atoms with van der Waals surface area (Å²) in [5.41, 5.74) is 7.09. The number of benzene rings is 1. The third-order valence-electron chi connectivity index (χ3n) is 4.62. The van der Waals surface area contributed by atoms with Crippen molar-refractivity contribution >= 4 is 0 Å². The van der Waals surface area contributed by atoms with E-state index in [4.69, 9.17) is 5.73 Å². The van der Waals surface area contributed by atoms with Crippen molar-refractivity contribution in [1.82, 2.24) is 4.90 Å². The molecule has 0 bridgehead atoms. The van der Waals surface area contributed by atoms with Gasteiger partial charge in [0.05, 0.1) is 6.04 Å². The highest BCUT2D eigenvalue weighted by Gasteiger charge is 2.31. The van der Waals surface area contributed by atoms with Gasteiger partial charge in [-0.05, 0) is 37.8 Å². The molecular weight excluding hydrogens is 251 g/mol. The van der Waals surface area contributed by atoms with Crippen molar-refractivity contribution in [3.63, 3.8) is 0 Å². The van der Waals surface area contributed by atoms with E-state index >= 15 is 0 Å². The molecule has 0 radical (unpaired) electrons. The smallest absolute Gasteiger partial charge is 0.128 e. The maximum absolute atomic E-state index is 14.2. The van der Waals surface area contributed by atoms with Gasteiger partial charge < -0.3 is 5.73 Å². The molecule has 0 amide bonds. The van der Waals surface area contributed by atoms with Gasteiger partial charge in [0.2, 0.25) is 0 Å². The molecule has 1 heterocycles. The van der Waals surface area contributed by atoms with Crippen LogP contribution >= 0.6 is 0 Å².